The van der Waals surface area contributed by atoms with Crippen LogP contribution in [-0.2, 0) is 5.41 Å². The molecule has 0 bridgehead atoms. The molecule has 29 heavy (non-hydrogen) atoms. The molecule has 0 amide bonds. The van der Waals surface area contributed by atoms with Crippen molar-refractivity contribution >= 4 is 5.69 Å². The quantitative estimate of drug-likeness (QED) is 0.455. The highest BCUT2D eigenvalue weighted by atomic mass is 15.0. The van der Waals surface area contributed by atoms with Gasteiger partial charge < -0.3 is 5.32 Å². The van der Waals surface area contributed by atoms with Crippen LogP contribution in [0.15, 0.2) is 84.9 Å². The van der Waals surface area contributed by atoms with E-state index in [4.69, 9.17) is 0 Å². The van der Waals surface area contributed by atoms with Gasteiger partial charge in [0, 0.05) is 11.6 Å². The molecule has 0 unspecified atom stereocenters. The molecule has 0 saturated heterocycles. The Morgan fingerprint density at radius 2 is 1.59 bits per heavy atom. The molecule has 2 aliphatic rings. The number of hydrogen-bond donors (Lipinski definition) is 1. The highest BCUT2D eigenvalue weighted by molar-refractivity contribution is 5.71. The Bertz CT molecular complexity index is 1040. The van der Waals surface area contributed by atoms with Crippen LogP contribution in [0.2, 0.25) is 0 Å². The van der Waals surface area contributed by atoms with Gasteiger partial charge in [0.1, 0.15) is 0 Å². The van der Waals surface area contributed by atoms with Gasteiger partial charge in [0.05, 0.1) is 6.04 Å². The lowest BCUT2D eigenvalue weighted by molar-refractivity contribution is 0.425. The van der Waals surface area contributed by atoms with E-state index in [0.717, 1.165) is 6.42 Å². The highest BCUT2D eigenvalue weighted by Crippen LogP contribution is 2.50. The number of anilines is 1. The number of allylic oxidation sites excluding steroid dienone is 2. The van der Waals surface area contributed by atoms with Crippen LogP contribution in [-0.4, -0.2) is 0 Å². The molecular weight excluding hydrogens is 350 g/mol. The van der Waals surface area contributed by atoms with E-state index in [1.54, 1.807) is 0 Å². The Kier molecular flexibility index (Phi) is 4.35. The van der Waals surface area contributed by atoms with Gasteiger partial charge in [-0.05, 0) is 57.7 Å². The van der Waals surface area contributed by atoms with Crippen LogP contribution in [0.1, 0.15) is 55.8 Å². The van der Waals surface area contributed by atoms with Gasteiger partial charge in [-0.1, -0.05) is 93.6 Å². The fourth-order valence-electron chi connectivity index (χ4n) is 4.93. The molecular formula is C28H29N. The molecule has 146 valence electrons. The molecule has 0 spiro atoms. The fraction of sp³-hybridized carbons (Fsp3) is 0.286. The normalized spacial score (nSPS) is 22.7. The maximum absolute atomic E-state index is 3.88. The first-order valence-corrected chi connectivity index (χ1v) is 10.7. The zero-order chi connectivity index (χ0) is 20.0. The molecule has 1 N–H and O–H groups in total. The smallest absolute Gasteiger partial charge is 0.0553 e. The molecule has 0 radical (unpaired) electrons. The summed E-state index contributed by atoms with van der Waals surface area (Å²) in [5.41, 5.74) is 8.29. The van der Waals surface area contributed by atoms with Crippen molar-refractivity contribution in [3.63, 3.8) is 0 Å². The first-order chi connectivity index (χ1) is 14.0. The largest absolute Gasteiger partial charge is 0.378 e. The average Bonchev–Trinajstić information content (AvgIpc) is 3.23. The summed E-state index contributed by atoms with van der Waals surface area (Å²) in [5, 5.41) is 3.88. The lowest BCUT2D eigenvalue weighted by Crippen LogP contribution is -2.29. The van der Waals surface area contributed by atoms with Crippen LogP contribution in [0, 0.1) is 5.92 Å². The molecule has 1 heterocycles. The minimum absolute atomic E-state index is 0.191. The van der Waals surface area contributed by atoms with Crippen LogP contribution in [0.5, 0.6) is 0 Å². The molecule has 5 rings (SSSR count). The Hall–Kier alpha value is -2.80. The van der Waals surface area contributed by atoms with E-state index in [0.29, 0.717) is 17.9 Å². The summed E-state index contributed by atoms with van der Waals surface area (Å²) >= 11 is 0. The number of nitrogens with one attached hydrogen (secondary N) is 1. The number of hydrogen-bond acceptors (Lipinski definition) is 1. The number of fused-ring (bicyclic) bond motifs is 3. The second-order valence-corrected chi connectivity index (χ2v) is 9.52. The fourth-order valence-corrected chi connectivity index (χ4v) is 4.93. The Morgan fingerprint density at radius 3 is 2.31 bits per heavy atom. The van der Waals surface area contributed by atoms with Gasteiger partial charge in [-0.2, -0.15) is 0 Å². The lowest BCUT2D eigenvalue weighted by Gasteiger charge is -2.38. The third kappa shape index (κ3) is 3.29. The van der Waals surface area contributed by atoms with Crippen LogP contribution in [0.3, 0.4) is 0 Å². The average molecular weight is 380 g/mol. The van der Waals surface area contributed by atoms with Crippen molar-refractivity contribution < 1.29 is 0 Å². The maximum Gasteiger partial charge on any atom is 0.0553 e. The minimum atomic E-state index is 0.191. The molecule has 0 fully saturated rings. The molecule has 1 aliphatic heterocycles. The van der Waals surface area contributed by atoms with Crippen molar-refractivity contribution in [1.29, 1.82) is 0 Å². The summed E-state index contributed by atoms with van der Waals surface area (Å²) in [7, 11) is 0. The van der Waals surface area contributed by atoms with E-state index in [1.807, 2.05) is 0 Å². The van der Waals surface area contributed by atoms with Crippen molar-refractivity contribution in [3.8, 4) is 11.1 Å². The maximum atomic E-state index is 3.88. The van der Waals surface area contributed by atoms with Gasteiger partial charge in [-0.25, -0.2) is 0 Å². The Labute approximate surface area is 174 Å². The van der Waals surface area contributed by atoms with Crippen LogP contribution >= 0.6 is 0 Å². The van der Waals surface area contributed by atoms with Crippen molar-refractivity contribution in [1.82, 2.24) is 0 Å². The van der Waals surface area contributed by atoms with Gasteiger partial charge in [0.15, 0.2) is 0 Å². The topological polar surface area (TPSA) is 12.0 Å². The van der Waals surface area contributed by atoms with Crippen LogP contribution in [0.4, 0.5) is 5.69 Å². The SMILES string of the molecule is CC(C)(C)c1ccc([C@@H]2Nc3ccc(-c4ccccc4)cc3[C@@H]3C=CC[C@H]32)cc1. The molecule has 3 aromatic rings. The van der Waals surface area contributed by atoms with E-state index in [-0.39, 0.29) is 5.41 Å². The predicted octanol–water partition coefficient (Wildman–Crippen LogP) is 7.48. The zero-order valence-corrected chi connectivity index (χ0v) is 17.5. The lowest BCUT2D eigenvalue weighted by atomic mass is 9.76. The minimum Gasteiger partial charge on any atom is -0.378 e. The summed E-state index contributed by atoms with van der Waals surface area (Å²) in [4.78, 5) is 0. The van der Waals surface area contributed by atoms with E-state index in [2.05, 4.69) is 111 Å². The number of benzene rings is 3. The van der Waals surface area contributed by atoms with E-state index in [9.17, 15) is 0 Å². The molecule has 3 atom stereocenters. The van der Waals surface area contributed by atoms with Crippen molar-refractivity contribution in [2.45, 2.75) is 44.6 Å². The number of rotatable bonds is 2. The Balaban J connectivity index is 1.50. The van der Waals surface area contributed by atoms with Gasteiger partial charge in [0.25, 0.3) is 0 Å². The summed E-state index contributed by atoms with van der Waals surface area (Å²) in [5.74, 6) is 1.07. The molecule has 1 aliphatic carbocycles. The Morgan fingerprint density at radius 1 is 0.828 bits per heavy atom. The summed E-state index contributed by atoms with van der Waals surface area (Å²) in [6, 6.07) is 27.2. The van der Waals surface area contributed by atoms with Crippen molar-refractivity contribution in [2.24, 2.45) is 5.92 Å². The third-order valence-electron chi connectivity index (χ3n) is 6.61. The van der Waals surface area contributed by atoms with Crippen molar-refractivity contribution in [2.75, 3.05) is 5.32 Å². The van der Waals surface area contributed by atoms with Gasteiger partial charge in [-0.3, -0.25) is 0 Å². The summed E-state index contributed by atoms with van der Waals surface area (Å²) in [6.07, 6.45) is 5.94. The molecule has 0 aromatic heterocycles. The molecule has 1 nitrogen and oxygen atoms in total. The first kappa shape index (κ1) is 18.2. The molecule has 0 saturated carbocycles. The summed E-state index contributed by atoms with van der Waals surface area (Å²) in [6.45, 7) is 6.83. The monoisotopic (exact) mass is 379 g/mol. The van der Waals surface area contributed by atoms with Crippen molar-refractivity contribution in [3.05, 3.63) is 102 Å². The summed E-state index contributed by atoms with van der Waals surface area (Å²) < 4.78 is 0. The van der Waals surface area contributed by atoms with E-state index >= 15 is 0 Å². The van der Waals surface area contributed by atoms with Gasteiger partial charge >= 0.3 is 0 Å². The van der Waals surface area contributed by atoms with Crippen LogP contribution in [0.25, 0.3) is 11.1 Å². The third-order valence-corrected chi connectivity index (χ3v) is 6.61. The first-order valence-electron chi connectivity index (χ1n) is 10.7. The zero-order valence-electron chi connectivity index (χ0n) is 17.5. The predicted molar refractivity (Wildman–Crippen MR) is 123 cm³/mol. The second kappa shape index (κ2) is 6.91. The van der Waals surface area contributed by atoms with Gasteiger partial charge in [-0.15, -0.1) is 0 Å². The molecule has 1 heteroatoms. The van der Waals surface area contributed by atoms with Crippen LogP contribution < -0.4 is 5.32 Å². The van der Waals surface area contributed by atoms with Gasteiger partial charge in [0.2, 0.25) is 0 Å². The highest BCUT2D eigenvalue weighted by Gasteiger charge is 2.38. The molecule has 3 aromatic carbocycles. The second-order valence-electron chi connectivity index (χ2n) is 9.52. The van der Waals surface area contributed by atoms with E-state index in [1.165, 1.54) is 33.5 Å². The van der Waals surface area contributed by atoms with E-state index < -0.39 is 0 Å². The standard InChI is InChI=1S/C28H29N/c1-28(2,3)22-15-12-20(13-16-22)27-24-11-7-10-23(24)25-18-21(14-17-26(25)29-27)19-8-5-4-6-9-19/h4-10,12-18,23-24,27,29H,11H2,1-3H3/t23-,24-,27+/m1/s1.